The minimum atomic E-state index is -3.87. The maximum atomic E-state index is 12.4. The van der Waals surface area contributed by atoms with Gasteiger partial charge in [0.25, 0.3) is 15.9 Å². The smallest absolute Gasteiger partial charge is 0.330 e. The Morgan fingerprint density at radius 2 is 1.92 bits per heavy atom. The van der Waals surface area contributed by atoms with Crippen LogP contribution < -0.4 is 10.5 Å². The number of carbonyl (C=O) groups is 2. The third-order valence-electron chi connectivity index (χ3n) is 3.40. The minimum absolute atomic E-state index is 0.0694. The number of nitrogens with one attached hydrogen (secondary N) is 1. The van der Waals surface area contributed by atoms with Crippen molar-refractivity contribution in [2.24, 2.45) is 12.8 Å². The van der Waals surface area contributed by atoms with Crippen LogP contribution in [0.5, 0.6) is 0 Å². The van der Waals surface area contributed by atoms with E-state index in [-0.39, 0.29) is 10.6 Å². The van der Waals surface area contributed by atoms with E-state index in [2.05, 4.69) is 4.72 Å². The highest BCUT2D eigenvalue weighted by Gasteiger charge is 2.19. The van der Waals surface area contributed by atoms with Crippen molar-refractivity contribution in [3.63, 3.8) is 0 Å². The van der Waals surface area contributed by atoms with Gasteiger partial charge >= 0.3 is 5.97 Å². The van der Waals surface area contributed by atoms with Crippen LogP contribution in [-0.2, 0) is 26.6 Å². The number of carbonyl (C=O) groups excluding carboxylic acids is 2. The summed E-state index contributed by atoms with van der Waals surface area (Å²) in [7, 11) is -2.33. The Morgan fingerprint density at radius 1 is 1.27 bits per heavy atom. The van der Waals surface area contributed by atoms with Crippen molar-refractivity contribution in [1.82, 2.24) is 4.57 Å². The first kappa shape index (κ1) is 19.3. The van der Waals surface area contributed by atoms with Gasteiger partial charge in [-0.05, 0) is 36.8 Å². The fourth-order valence-corrected chi connectivity index (χ4v) is 3.29. The van der Waals surface area contributed by atoms with Gasteiger partial charge < -0.3 is 15.0 Å². The van der Waals surface area contributed by atoms with E-state index >= 15 is 0 Å². The predicted molar refractivity (Wildman–Crippen MR) is 96.8 cm³/mol. The molecule has 26 heavy (non-hydrogen) atoms. The summed E-state index contributed by atoms with van der Waals surface area (Å²) in [5.74, 6) is -1.17. The second-order valence-electron chi connectivity index (χ2n) is 5.35. The van der Waals surface area contributed by atoms with Crippen LogP contribution in [0.15, 0.2) is 47.5 Å². The van der Waals surface area contributed by atoms with Crippen molar-refractivity contribution >= 4 is 33.7 Å². The number of nitrogens with zero attached hydrogens (tertiary/aromatic N) is 1. The first-order valence-corrected chi connectivity index (χ1v) is 9.15. The maximum absolute atomic E-state index is 12.4. The van der Waals surface area contributed by atoms with E-state index in [0.29, 0.717) is 17.9 Å². The number of rotatable bonds is 7. The normalized spacial score (nSPS) is 11.5. The second-order valence-corrected chi connectivity index (χ2v) is 7.03. The minimum Gasteiger partial charge on any atom is -0.463 e. The molecule has 0 spiro atoms. The lowest BCUT2D eigenvalue weighted by Crippen LogP contribution is -2.14. The highest BCUT2D eigenvalue weighted by atomic mass is 32.2. The third kappa shape index (κ3) is 4.73. The number of nitrogens with two attached hydrogens (primary N) is 1. The number of amides is 1. The summed E-state index contributed by atoms with van der Waals surface area (Å²) in [4.78, 5) is 22.5. The number of esters is 1. The van der Waals surface area contributed by atoms with Crippen molar-refractivity contribution in [3.05, 3.63) is 53.9 Å². The Kier molecular flexibility index (Phi) is 5.83. The molecule has 8 nitrogen and oxygen atoms in total. The zero-order chi connectivity index (χ0) is 19.3. The van der Waals surface area contributed by atoms with E-state index in [1.807, 2.05) is 0 Å². The second kappa shape index (κ2) is 7.87. The van der Waals surface area contributed by atoms with Gasteiger partial charge in [0.1, 0.15) is 10.6 Å². The molecule has 0 saturated carbocycles. The molecule has 0 atom stereocenters. The van der Waals surface area contributed by atoms with E-state index in [4.69, 9.17) is 10.5 Å². The van der Waals surface area contributed by atoms with Gasteiger partial charge in [-0.2, -0.15) is 0 Å². The van der Waals surface area contributed by atoms with Crippen LogP contribution in [0.1, 0.15) is 23.0 Å². The van der Waals surface area contributed by atoms with Crippen LogP contribution in [0.4, 0.5) is 5.69 Å². The summed E-state index contributed by atoms with van der Waals surface area (Å²) in [6.45, 7) is 2.01. The molecule has 2 rings (SSSR count). The first-order valence-electron chi connectivity index (χ1n) is 7.67. The molecule has 9 heteroatoms. The summed E-state index contributed by atoms with van der Waals surface area (Å²) in [5.41, 5.74) is 6.32. The molecule has 0 aliphatic carbocycles. The molecule has 1 amide bonds. The van der Waals surface area contributed by atoms with E-state index in [9.17, 15) is 18.0 Å². The van der Waals surface area contributed by atoms with Crippen LogP contribution in [0.25, 0.3) is 6.08 Å². The average molecular weight is 377 g/mol. The molecular formula is C17H19N3O5S. The summed E-state index contributed by atoms with van der Waals surface area (Å²) in [5, 5.41) is 0. The summed E-state index contributed by atoms with van der Waals surface area (Å²) in [6.07, 6.45) is 4.16. The molecule has 2 aromatic rings. The largest absolute Gasteiger partial charge is 0.463 e. The quantitative estimate of drug-likeness (QED) is 0.559. The predicted octanol–water partition coefficient (Wildman–Crippen LogP) is 1.50. The highest BCUT2D eigenvalue weighted by molar-refractivity contribution is 7.92. The Balaban J connectivity index is 2.14. The molecule has 0 saturated heterocycles. The first-order chi connectivity index (χ1) is 12.2. The lowest BCUT2D eigenvalue weighted by Gasteiger charge is -2.06. The monoisotopic (exact) mass is 377 g/mol. The highest BCUT2D eigenvalue weighted by Crippen LogP contribution is 2.19. The van der Waals surface area contributed by atoms with Gasteiger partial charge in [0, 0.05) is 25.0 Å². The van der Waals surface area contributed by atoms with E-state index in [1.54, 1.807) is 37.3 Å². The molecule has 0 radical (unpaired) electrons. The molecule has 0 aliphatic heterocycles. The van der Waals surface area contributed by atoms with Crippen molar-refractivity contribution in [2.45, 2.75) is 11.8 Å². The van der Waals surface area contributed by atoms with Gasteiger partial charge in [-0.1, -0.05) is 12.1 Å². The SMILES string of the molecule is CCOC(=O)C=Cc1ccc(NS(=O)(=O)c2cc(C(N)=O)n(C)c2)cc1. The summed E-state index contributed by atoms with van der Waals surface area (Å²) in [6, 6.07) is 7.61. The summed E-state index contributed by atoms with van der Waals surface area (Å²) < 4.78 is 33.4. The maximum Gasteiger partial charge on any atom is 0.330 e. The standard InChI is InChI=1S/C17H19N3O5S/c1-3-25-16(21)9-6-12-4-7-13(8-5-12)19-26(23,24)14-10-15(17(18)22)20(2)11-14/h4-11,19H,3H2,1-2H3,(H2,18,22). The molecule has 3 N–H and O–H groups in total. The molecule has 1 aromatic heterocycles. The van der Waals surface area contributed by atoms with Gasteiger partial charge in [0.2, 0.25) is 0 Å². The van der Waals surface area contributed by atoms with E-state index < -0.39 is 21.9 Å². The molecule has 138 valence electrons. The Labute approximate surface area is 151 Å². The fourth-order valence-electron chi connectivity index (χ4n) is 2.16. The van der Waals surface area contributed by atoms with Gasteiger partial charge in [0.15, 0.2) is 0 Å². The molecule has 0 aliphatic rings. The third-order valence-corrected chi connectivity index (χ3v) is 4.75. The zero-order valence-electron chi connectivity index (χ0n) is 14.3. The number of ether oxygens (including phenoxy) is 1. The Hall–Kier alpha value is -3.07. The van der Waals surface area contributed by atoms with Crippen LogP contribution in [0, 0.1) is 0 Å². The van der Waals surface area contributed by atoms with Crippen molar-refractivity contribution in [3.8, 4) is 0 Å². The number of hydrogen-bond acceptors (Lipinski definition) is 5. The summed E-state index contributed by atoms with van der Waals surface area (Å²) >= 11 is 0. The van der Waals surface area contributed by atoms with E-state index in [0.717, 1.165) is 0 Å². The van der Waals surface area contributed by atoms with Crippen LogP contribution >= 0.6 is 0 Å². The van der Waals surface area contributed by atoms with Gasteiger partial charge in [-0.3, -0.25) is 9.52 Å². The Bertz CT molecular complexity index is 943. The molecule has 0 bridgehead atoms. The number of primary amides is 1. The molecular weight excluding hydrogens is 358 g/mol. The van der Waals surface area contributed by atoms with Gasteiger partial charge in [0.05, 0.1) is 6.61 Å². The molecule has 0 fully saturated rings. The van der Waals surface area contributed by atoms with Crippen molar-refractivity contribution in [2.75, 3.05) is 11.3 Å². The van der Waals surface area contributed by atoms with Gasteiger partial charge in [-0.15, -0.1) is 0 Å². The number of sulfonamides is 1. The molecule has 0 unspecified atom stereocenters. The van der Waals surface area contributed by atoms with Crippen LogP contribution in [-0.4, -0.2) is 31.5 Å². The lowest BCUT2D eigenvalue weighted by atomic mass is 10.2. The molecule has 1 heterocycles. The van der Waals surface area contributed by atoms with Crippen molar-refractivity contribution < 1.29 is 22.7 Å². The number of aryl methyl sites for hydroxylation is 1. The molecule has 1 aromatic carbocycles. The lowest BCUT2D eigenvalue weighted by molar-refractivity contribution is -0.137. The number of benzene rings is 1. The van der Waals surface area contributed by atoms with Crippen LogP contribution in [0.3, 0.4) is 0 Å². The Morgan fingerprint density at radius 3 is 2.46 bits per heavy atom. The fraction of sp³-hybridized carbons (Fsp3) is 0.176. The number of aromatic nitrogens is 1. The van der Waals surface area contributed by atoms with E-state index in [1.165, 1.54) is 30.0 Å². The van der Waals surface area contributed by atoms with Crippen molar-refractivity contribution in [1.29, 1.82) is 0 Å². The topological polar surface area (TPSA) is 120 Å². The number of hydrogen-bond donors (Lipinski definition) is 2. The zero-order valence-corrected chi connectivity index (χ0v) is 15.1. The average Bonchev–Trinajstić information content (AvgIpc) is 2.97. The van der Waals surface area contributed by atoms with Crippen LogP contribution in [0.2, 0.25) is 0 Å². The number of anilines is 1. The van der Waals surface area contributed by atoms with Gasteiger partial charge in [-0.25, -0.2) is 13.2 Å².